The minimum Gasteiger partial charge on any atom is -0.395 e. The number of piperazine rings is 1. The smallest absolute Gasteiger partial charge is 0.330 e. The fourth-order valence-electron chi connectivity index (χ4n) is 1.25. The molecule has 1 aliphatic heterocycles. The van der Waals surface area contributed by atoms with Crippen molar-refractivity contribution in [3.63, 3.8) is 0 Å². The van der Waals surface area contributed by atoms with Crippen LogP contribution in [-0.4, -0.2) is 48.4 Å². The van der Waals surface area contributed by atoms with Crippen molar-refractivity contribution < 1.29 is 14.7 Å². The van der Waals surface area contributed by atoms with Gasteiger partial charge in [-0.25, -0.2) is 4.79 Å². The molecule has 5 heteroatoms. The number of carbonyl (C=O) groups is 1. The number of rotatable bonds is 2. The van der Waals surface area contributed by atoms with E-state index in [0.29, 0.717) is 13.1 Å². The van der Waals surface area contributed by atoms with Gasteiger partial charge in [0.1, 0.15) is 0 Å². The molecule has 0 spiro atoms. The van der Waals surface area contributed by atoms with Crippen LogP contribution >= 0.6 is 0 Å². The fourth-order valence-corrected chi connectivity index (χ4v) is 1.25. The topological polar surface area (TPSA) is 61.8 Å². The summed E-state index contributed by atoms with van der Waals surface area (Å²) in [5.41, 5.74) is -0.487. The van der Waals surface area contributed by atoms with E-state index >= 15 is 0 Å². The lowest BCUT2D eigenvalue weighted by molar-refractivity contribution is -0.205. The maximum Gasteiger partial charge on any atom is 0.330 e. The number of hydrogen-bond donors (Lipinski definition) is 2. The Morgan fingerprint density at radius 3 is 2.80 bits per heavy atom. The number of nitrogens with one attached hydrogen (secondary N) is 1. The highest BCUT2D eigenvalue weighted by molar-refractivity contribution is 5.75. The van der Waals surface area contributed by atoms with Crippen LogP contribution in [0.5, 0.6) is 0 Å². The third kappa shape index (κ3) is 3.77. The molecule has 1 saturated heterocycles. The quantitative estimate of drug-likeness (QED) is 0.667. The SMILES string of the molecule is CC(C)(C)C(=O)ON1CCNC(CO)C1. The van der Waals surface area contributed by atoms with Crippen molar-refractivity contribution in [3.8, 4) is 0 Å². The normalized spacial score (nSPS) is 23.9. The van der Waals surface area contributed by atoms with E-state index in [1.807, 2.05) is 20.8 Å². The van der Waals surface area contributed by atoms with Crippen LogP contribution in [0.25, 0.3) is 0 Å². The van der Waals surface area contributed by atoms with Crippen LogP contribution in [0, 0.1) is 5.41 Å². The van der Waals surface area contributed by atoms with Crippen LogP contribution in [0.1, 0.15) is 20.8 Å². The van der Waals surface area contributed by atoms with E-state index in [0.717, 1.165) is 6.54 Å². The lowest BCUT2D eigenvalue weighted by Gasteiger charge is -2.32. The van der Waals surface area contributed by atoms with Gasteiger partial charge in [-0.3, -0.25) is 0 Å². The van der Waals surface area contributed by atoms with Gasteiger partial charge in [0.15, 0.2) is 0 Å². The molecule has 1 heterocycles. The van der Waals surface area contributed by atoms with E-state index in [1.165, 1.54) is 0 Å². The number of aliphatic hydroxyl groups excluding tert-OH is 1. The Kier molecular flexibility index (Phi) is 4.07. The van der Waals surface area contributed by atoms with E-state index in [1.54, 1.807) is 5.06 Å². The van der Waals surface area contributed by atoms with Crippen molar-refractivity contribution in [1.29, 1.82) is 0 Å². The van der Waals surface area contributed by atoms with Gasteiger partial charge in [-0.05, 0) is 20.8 Å². The zero-order chi connectivity index (χ0) is 11.5. The molecule has 0 saturated carbocycles. The lowest BCUT2D eigenvalue weighted by atomic mass is 9.98. The summed E-state index contributed by atoms with van der Waals surface area (Å²) < 4.78 is 0. The molecule has 0 aliphatic carbocycles. The fraction of sp³-hybridized carbons (Fsp3) is 0.900. The molecular weight excluding hydrogens is 196 g/mol. The molecular formula is C10H20N2O3. The largest absolute Gasteiger partial charge is 0.395 e. The van der Waals surface area contributed by atoms with Gasteiger partial charge in [-0.1, -0.05) is 0 Å². The van der Waals surface area contributed by atoms with Gasteiger partial charge in [-0.2, -0.15) is 0 Å². The van der Waals surface area contributed by atoms with Gasteiger partial charge in [0.25, 0.3) is 0 Å². The number of hydrogen-bond acceptors (Lipinski definition) is 5. The standard InChI is InChI=1S/C10H20N2O3/c1-10(2,3)9(14)15-12-5-4-11-8(6-12)7-13/h8,11,13H,4-7H2,1-3H3. The highest BCUT2D eigenvalue weighted by atomic mass is 16.7. The molecule has 1 fully saturated rings. The molecule has 88 valence electrons. The highest BCUT2D eigenvalue weighted by Crippen LogP contribution is 2.16. The molecule has 1 rings (SSSR count). The predicted octanol–water partition coefficient (Wildman–Crippen LogP) is -0.243. The van der Waals surface area contributed by atoms with Crippen molar-refractivity contribution in [3.05, 3.63) is 0 Å². The van der Waals surface area contributed by atoms with Crippen molar-refractivity contribution in [2.45, 2.75) is 26.8 Å². The first-order chi connectivity index (χ1) is 6.93. The molecule has 1 atom stereocenters. The summed E-state index contributed by atoms with van der Waals surface area (Å²) in [5.74, 6) is -0.235. The third-order valence-corrected chi connectivity index (χ3v) is 2.26. The molecule has 0 bridgehead atoms. The van der Waals surface area contributed by atoms with Crippen LogP contribution in [-0.2, 0) is 9.63 Å². The van der Waals surface area contributed by atoms with E-state index in [-0.39, 0.29) is 18.6 Å². The maximum absolute atomic E-state index is 11.6. The van der Waals surface area contributed by atoms with Crippen molar-refractivity contribution >= 4 is 5.97 Å². The van der Waals surface area contributed by atoms with E-state index in [2.05, 4.69) is 5.32 Å². The summed E-state index contributed by atoms with van der Waals surface area (Å²) in [5, 5.41) is 13.7. The Morgan fingerprint density at radius 1 is 1.60 bits per heavy atom. The molecule has 5 nitrogen and oxygen atoms in total. The second-order valence-electron chi connectivity index (χ2n) is 4.85. The van der Waals surface area contributed by atoms with Gasteiger partial charge < -0.3 is 15.3 Å². The summed E-state index contributed by atoms with van der Waals surface area (Å²) in [7, 11) is 0. The van der Waals surface area contributed by atoms with Gasteiger partial charge in [0.05, 0.1) is 18.6 Å². The molecule has 0 aromatic rings. The number of nitrogens with zero attached hydrogens (tertiary/aromatic N) is 1. The van der Waals surface area contributed by atoms with Crippen LogP contribution in [0.15, 0.2) is 0 Å². The Labute approximate surface area is 90.4 Å². The van der Waals surface area contributed by atoms with E-state index < -0.39 is 5.41 Å². The molecule has 0 radical (unpaired) electrons. The molecule has 2 N–H and O–H groups in total. The lowest BCUT2D eigenvalue weighted by Crippen LogP contribution is -2.53. The monoisotopic (exact) mass is 216 g/mol. The Balaban J connectivity index is 2.41. The third-order valence-electron chi connectivity index (χ3n) is 2.26. The summed E-state index contributed by atoms with van der Waals surface area (Å²) in [6.07, 6.45) is 0. The van der Waals surface area contributed by atoms with Crippen molar-refractivity contribution in [2.24, 2.45) is 5.41 Å². The zero-order valence-electron chi connectivity index (χ0n) is 9.62. The predicted molar refractivity (Wildman–Crippen MR) is 56.0 cm³/mol. The van der Waals surface area contributed by atoms with Gasteiger partial charge in [-0.15, -0.1) is 5.06 Å². The second-order valence-corrected chi connectivity index (χ2v) is 4.85. The van der Waals surface area contributed by atoms with Crippen LogP contribution in [0.2, 0.25) is 0 Å². The van der Waals surface area contributed by atoms with E-state index in [4.69, 9.17) is 9.94 Å². The summed E-state index contributed by atoms with van der Waals surface area (Å²) in [4.78, 5) is 16.8. The minimum absolute atomic E-state index is 0.00785. The number of hydroxylamine groups is 2. The average molecular weight is 216 g/mol. The number of carbonyl (C=O) groups excluding carboxylic acids is 1. The van der Waals surface area contributed by atoms with Gasteiger partial charge >= 0.3 is 5.97 Å². The average Bonchev–Trinajstić information content (AvgIpc) is 2.16. The Hall–Kier alpha value is -0.650. The summed E-state index contributed by atoms with van der Waals surface area (Å²) in [6.45, 7) is 7.45. The van der Waals surface area contributed by atoms with Crippen LogP contribution in [0.4, 0.5) is 0 Å². The van der Waals surface area contributed by atoms with Crippen molar-refractivity contribution in [1.82, 2.24) is 10.4 Å². The first kappa shape index (κ1) is 12.4. The molecule has 1 unspecified atom stereocenters. The number of aliphatic hydroxyl groups is 1. The first-order valence-corrected chi connectivity index (χ1v) is 5.25. The summed E-state index contributed by atoms with van der Waals surface area (Å²) >= 11 is 0. The first-order valence-electron chi connectivity index (χ1n) is 5.25. The Bertz CT molecular complexity index is 225. The van der Waals surface area contributed by atoms with Gasteiger partial charge in [0.2, 0.25) is 0 Å². The van der Waals surface area contributed by atoms with Crippen LogP contribution < -0.4 is 5.32 Å². The highest BCUT2D eigenvalue weighted by Gasteiger charge is 2.28. The second kappa shape index (κ2) is 4.92. The molecule has 0 aromatic carbocycles. The minimum atomic E-state index is -0.487. The maximum atomic E-state index is 11.6. The van der Waals surface area contributed by atoms with Crippen molar-refractivity contribution in [2.75, 3.05) is 26.2 Å². The van der Waals surface area contributed by atoms with Gasteiger partial charge in [0, 0.05) is 19.1 Å². The molecule has 1 aliphatic rings. The summed E-state index contributed by atoms with van der Waals surface area (Å²) in [6, 6.07) is -0.00785. The van der Waals surface area contributed by atoms with E-state index in [9.17, 15) is 4.79 Å². The van der Waals surface area contributed by atoms with Crippen LogP contribution in [0.3, 0.4) is 0 Å². The zero-order valence-corrected chi connectivity index (χ0v) is 9.62. The Morgan fingerprint density at radius 2 is 2.27 bits per heavy atom. The molecule has 0 amide bonds. The molecule has 0 aromatic heterocycles. The molecule has 15 heavy (non-hydrogen) atoms.